The number of aromatic nitrogens is 1. The number of carbonyl (C=O) groups is 1. The van der Waals surface area contributed by atoms with Gasteiger partial charge in [0.15, 0.2) is 5.82 Å². The highest BCUT2D eigenvalue weighted by Crippen LogP contribution is 2.27. The van der Waals surface area contributed by atoms with E-state index in [1.165, 1.54) is 0 Å². The summed E-state index contributed by atoms with van der Waals surface area (Å²) in [5, 5.41) is 22.0. The van der Waals surface area contributed by atoms with E-state index in [0.717, 1.165) is 5.56 Å². The maximum atomic E-state index is 11.9. The van der Waals surface area contributed by atoms with Crippen molar-refractivity contribution in [3.8, 4) is 0 Å². The molecule has 29 heavy (non-hydrogen) atoms. The monoisotopic (exact) mass is 425 g/mol. The highest BCUT2D eigenvalue weighted by atomic mass is 35.5. The first-order chi connectivity index (χ1) is 13.7. The number of carboxylic acids is 1. The lowest BCUT2D eigenvalue weighted by Crippen LogP contribution is -2.55. The maximum Gasteiger partial charge on any atom is 0.321 e. The van der Waals surface area contributed by atoms with Gasteiger partial charge in [0.05, 0.1) is 18.1 Å². The molecule has 0 bridgehead atoms. The SMILES string of the molecule is CCC(C)C(C(=O)O)N1CC([N+](=O)[O-])=C(N(CC)Cc2ccc(Cl)nc2)N(C)C1. The molecule has 9 nitrogen and oxygen atoms in total. The molecule has 1 aliphatic rings. The van der Waals surface area contributed by atoms with Gasteiger partial charge in [0.1, 0.15) is 11.2 Å². The second kappa shape index (κ2) is 9.89. The third-order valence-corrected chi connectivity index (χ3v) is 5.48. The van der Waals surface area contributed by atoms with Crippen LogP contribution in [0, 0.1) is 16.0 Å². The zero-order valence-corrected chi connectivity index (χ0v) is 18.0. The van der Waals surface area contributed by atoms with E-state index < -0.39 is 16.9 Å². The third kappa shape index (κ3) is 5.36. The van der Waals surface area contributed by atoms with Crippen LogP contribution in [0.1, 0.15) is 32.8 Å². The Bertz CT molecular complexity index is 770. The molecule has 0 fully saturated rings. The Morgan fingerprint density at radius 2 is 2.14 bits per heavy atom. The van der Waals surface area contributed by atoms with Crippen LogP contribution in [0.25, 0.3) is 0 Å². The van der Waals surface area contributed by atoms with Crippen molar-refractivity contribution in [1.29, 1.82) is 0 Å². The number of carboxylic acid groups (broad SMARTS) is 1. The first kappa shape index (κ1) is 22.9. The average molecular weight is 426 g/mol. The Balaban J connectivity index is 2.38. The number of hydrogen-bond donors (Lipinski definition) is 1. The Kier molecular flexibility index (Phi) is 7.80. The molecular formula is C19H28ClN5O4. The Morgan fingerprint density at radius 3 is 2.62 bits per heavy atom. The van der Waals surface area contributed by atoms with Crippen molar-refractivity contribution < 1.29 is 14.8 Å². The standard InChI is InChI=1S/C19H28ClN5O4/c1-5-13(3)17(19(26)27)24-11-15(25(28)29)18(22(4)12-24)23(6-2)10-14-7-8-16(20)21-9-14/h7-9,13,17H,5-6,10-12H2,1-4H3,(H,26,27). The fourth-order valence-electron chi connectivity index (χ4n) is 3.66. The van der Waals surface area contributed by atoms with Gasteiger partial charge < -0.3 is 14.9 Å². The molecule has 2 rings (SSSR count). The lowest BCUT2D eigenvalue weighted by atomic mass is 9.97. The van der Waals surface area contributed by atoms with Crippen LogP contribution < -0.4 is 0 Å². The van der Waals surface area contributed by atoms with Crippen molar-refractivity contribution >= 4 is 17.6 Å². The molecule has 0 aromatic carbocycles. The number of nitrogens with zero attached hydrogens (tertiary/aromatic N) is 5. The first-order valence-electron chi connectivity index (χ1n) is 9.60. The largest absolute Gasteiger partial charge is 0.480 e. The third-order valence-electron chi connectivity index (χ3n) is 5.26. The Morgan fingerprint density at radius 1 is 1.45 bits per heavy atom. The molecule has 1 aliphatic heterocycles. The van der Waals surface area contributed by atoms with Gasteiger partial charge in [-0.15, -0.1) is 0 Å². The van der Waals surface area contributed by atoms with E-state index >= 15 is 0 Å². The predicted molar refractivity (Wildman–Crippen MR) is 110 cm³/mol. The summed E-state index contributed by atoms with van der Waals surface area (Å²) in [4.78, 5) is 32.7. The summed E-state index contributed by atoms with van der Waals surface area (Å²) in [6.07, 6.45) is 2.32. The van der Waals surface area contributed by atoms with Crippen molar-refractivity contribution in [2.75, 3.05) is 26.8 Å². The van der Waals surface area contributed by atoms with Gasteiger partial charge in [-0.2, -0.15) is 0 Å². The molecule has 0 radical (unpaired) electrons. The average Bonchev–Trinajstić information content (AvgIpc) is 2.67. The lowest BCUT2D eigenvalue weighted by molar-refractivity contribution is -0.434. The van der Waals surface area contributed by atoms with E-state index in [1.54, 1.807) is 29.1 Å². The number of rotatable bonds is 9. The molecule has 0 amide bonds. The van der Waals surface area contributed by atoms with E-state index in [1.807, 2.05) is 31.7 Å². The van der Waals surface area contributed by atoms with Crippen molar-refractivity contribution in [2.45, 2.75) is 39.8 Å². The Labute approximate surface area is 175 Å². The van der Waals surface area contributed by atoms with E-state index in [-0.39, 0.29) is 18.2 Å². The van der Waals surface area contributed by atoms with Gasteiger partial charge in [0.25, 0.3) is 5.70 Å². The fraction of sp³-hybridized carbons (Fsp3) is 0.579. The van der Waals surface area contributed by atoms with E-state index in [4.69, 9.17) is 11.6 Å². The molecule has 2 atom stereocenters. The molecule has 1 N–H and O–H groups in total. The van der Waals surface area contributed by atoms with Gasteiger partial charge in [-0.1, -0.05) is 37.9 Å². The number of nitro groups is 1. The summed E-state index contributed by atoms with van der Waals surface area (Å²) < 4.78 is 0. The number of pyridine rings is 1. The molecule has 1 aromatic heterocycles. The van der Waals surface area contributed by atoms with Crippen LogP contribution in [0.2, 0.25) is 5.15 Å². The van der Waals surface area contributed by atoms with Crippen molar-refractivity contribution in [1.82, 2.24) is 19.7 Å². The minimum absolute atomic E-state index is 0.00271. The maximum absolute atomic E-state index is 11.9. The van der Waals surface area contributed by atoms with Crippen LogP contribution >= 0.6 is 11.6 Å². The van der Waals surface area contributed by atoms with Gasteiger partial charge in [-0.3, -0.25) is 19.8 Å². The predicted octanol–water partition coefficient (Wildman–Crippen LogP) is 2.71. The zero-order valence-electron chi connectivity index (χ0n) is 17.2. The second-order valence-electron chi connectivity index (χ2n) is 7.29. The van der Waals surface area contributed by atoms with Gasteiger partial charge in [0, 0.05) is 26.3 Å². The summed E-state index contributed by atoms with van der Waals surface area (Å²) in [5.74, 6) is -0.589. The minimum Gasteiger partial charge on any atom is -0.480 e. The minimum atomic E-state index is -0.960. The molecule has 10 heteroatoms. The molecular weight excluding hydrogens is 398 g/mol. The summed E-state index contributed by atoms with van der Waals surface area (Å²) in [5.41, 5.74) is 0.877. The van der Waals surface area contributed by atoms with Crippen molar-refractivity contribution in [2.24, 2.45) is 5.92 Å². The van der Waals surface area contributed by atoms with E-state index in [2.05, 4.69) is 4.98 Å². The second-order valence-corrected chi connectivity index (χ2v) is 7.67. The van der Waals surface area contributed by atoms with Crippen LogP contribution in [0.3, 0.4) is 0 Å². The van der Waals surface area contributed by atoms with E-state index in [0.29, 0.717) is 37.2 Å². The van der Waals surface area contributed by atoms with Gasteiger partial charge >= 0.3 is 5.97 Å². The lowest BCUT2D eigenvalue weighted by Gasteiger charge is -2.42. The summed E-state index contributed by atoms with van der Waals surface area (Å²) >= 11 is 5.84. The smallest absolute Gasteiger partial charge is 0.321 e. The first-order valence-corrected chi connectivity index (χ1v) is 9.98. The van der Waals surface area contributed by atoms with Gasteiger partial charge in [0.2, 0.25) is 0 Å². The van der Waals surface area contributed by atoms with Gasteiger partial charge in [-0.05, 0) is 24.5 Å². The molecule has 0 saturated carbocycles. The molecule has 0 aliphatic carbocycles. The van der Waals surface area contributed by atoms with E-state index in [9.17, 15) is 20.0 Å². The molecule has 160 valence electrons. The Hall–Kier alpha value is -2.39. The molecule has 0 saturated heterocycles. The molecule has 1 aromatic rings. The summed E-state index contributed by atoms with van der Waals surface area (Å²) in [6, 6.07) is 2.74. The molecule has 2 unspecified atom stereocenters. The number of halogens is 1. The van der Waals surface area contributed by atoms with Crippen LogP contribution in [-0.2, 0) is 11.3 Å². The number of hydrogen-bond acceptors (Lipinski definition) is 7. The van der Waals surface area contributed by atoms with Crippen molar-refractivity contribution in [3.63, 3.8) is 0 Å². The fourth-order valence-corrected chi connectivity index (χ4v) is 3.77. The summed E-state index contributed by atoms with van der Waals surface area (Å²) in [7, 11) is 1.75. The normalized spacial score (nSPS) is 17.2. The van der Waals surface area contributed by atoms with Gasteiger partial charge in [-0.25, -0.2) is 4.98 Å². The quantitative estimate of drug-likeness (QED) is 0.366. The van der Waals surface area contributed by atoms with Crippen LogP contribution in [0.15, 0.2) is 29.8 Å². The summed E-state index contributed by atoms with van der Waals surface area (Å²) in [6.45, 7) is 6.96. The topological polar surface area (TPSA) is 103 Å². The molecule has 0 spiro atoms. The molecule has 2 heterocycles. The van der Waals surface area contributed by atoms with Crippen molar-refractivity contribution in [3.05, 3.63) is 50.7 Å². The zero-order chi connectivity index (χ0) is 21.7. The number of aliphatic carboxylic acids is 1. The highest BCUT2D eigenvalue weighted by molar-refractivity contribution is 6.29. The van der Waals surface area contributed by atoms with Crippen LogP contribution in [0.4, 0.5) is 0 Å². The van der Waals surface area contributed by atoms with Crippen LogP contribution in [0.5, 0.6) is 0 Å². The van der Waals surface area contributed by atoms with Crippen LogP contribution in [-0.4, -0.2) is 68.5 Å². The highest BCUT2D eigenvalue weighted by Gasteiger charge is 2.40.